The summed E-state index contributed by atoms with van der Waals surface area (Å²) in [5, 5.41) is 12.9. The maximum absolute atomic E-state index is 14.4. The van der Waals surface area contributed by atoms with Crippen molar-refractivity contribution in [3.63, 3.8) is 0 Å². The molecule has 5 nitrogen and oxygen atoms in total. The summed E-state index contributed by atoms with van der Waals surface area (Å²) in [4.78, 5) is 14.5. The van der Waals surface area contributed by atoms with Gasteiger partial charge in [-0.3, -0.25) is 9.00 Å². The summed E-state index contributed by atoms with van der Waals surface area (Å²) in [5.41, 5.74) is -1.70. The Balaban J connectivity index is 1.53. The van der Waals surface area contributed by atoms with Gasteiger partial charge >= 0.3 is 12.1 Å². The quantitative estimate of drug-likeness (QED) is 0.419. The number of nitriles is 1. The molecule has 1 heterocycles. The minimum absolute atomic E-state index is 0.0236. The molecule has 5 rings (SSSR count). The lowest BCUT2D eigenvalue weighted by molar-refractivity contribution is -0.290. The highest BCUT2D eigenvalue weighted by molar-refractivity contribution is 7.85. The summed E-state index contributed by atoms with van der Waals surface area (Å²) in [6, 6.07) is 18.0. The van der Waals surface area contributed by atoms with Crippen molar-refractivity contribution in [3.05, 3.63) is 72.3 Å². The number of rotatable bonds is 6. The van der Waals surface area contributed by atoms with Crippen molar-refractivity contribution in [2.45, 2.75) is 53.1 Å². The molecule has 0 radical (unpaired) electrons. The lowest BCUT2D eigenvalue weighted by atomic mass is 10.1. The van der Waals surface area contributed by atoms with Crippen LogP contribution in [0.3, 0.4) is 0 Å². The molecule has 11 heteroatoms. The summed E-state index contributed by atoms with van der Waals surface area (Å²) in [6.45, 7) is -0.0236. The van der Waals surface area contributed by atoms with Crippen molar-refractivity contribution in [1.29, 1.82) is 5.26 Å². The molecular formula is C27H22F5N3O2S. The van der Waals surface area contributed by atoms with Crippen LogP contribution in [0.25, 0.3) is 10.8 Å². The van der Waals surface area contributed by atoms with Crippen LogP contribution < -0.4 is 10.2 Å². The second-order valence-electron chi connectivity index (χ2n) is 9.57. The zero-order valence-corrected chi connectivity index (χ0v) is 20.7. The van der Waals surface area contributed by atoms with Gasteiger partial charge in [0.25, 0.3) is 0 Å². The van der Waals surface area contributed by atoms with Gasteiger partial charge in [0, 0.05) is 28.1 Å². The van der Waals surface area contributed by atoms with Crippen molar-refractivity contribution in [1.82, 2.24) is 5.32 Å². The largest absolute Gasteiger partial charge is 0.458 e. The SMILES string of the molecule is N#CC1(NC(=O)C2CC(S(=O)c3ccccc3C(F)(F)C(F)(F)F)CN2c2cccc3ccccc23)CC1. The second-order valence-corrected chi connectivity index (χ2v) is 11.3. The second kappa shape index (κ2) is 9.34. The van der Waals surface area contributed by atoms with E-state index in [1.54, 1.807) is 17.0 Å². The minimum atomic E-state index is -5.86. The van der Waals surface area contributed by atoms with Crippen LogP contribution in [-0.2, 0) is 21.5 Å². The highest BCUT2D eigenvalue weighted by Crippen LogP contribution is 2.46. The fourth-order valence-electron chi connectivity index (χ4n) is 4.87. The molecule has 0 aromatic heterocycles. The van der Waals surface area contributed by atoms with Crippen LogP contribution >= 0.6 is 0 Å². The number of carbonyl (C=O) groups excluding carboxylic acids is 1. The van der Waals surface area contributed by atoms with Crippen LogP contribution in [0, 0.1) is 11.3 Å². The Bertz CT molecular complexity index is 1460. The van der Waals surface area contributed by atoms with Crippen molar-refractivity contribution < 1.29 is 31.0 Å². The number of fused-ring (bicyclic) bond motifs is 1. The summed E-state index contributed by atoms with van der Waals surface area (Å²) in [6.07, 6.45) is -4.94. The number of hydrogen-bond donors (Lipinski definition) is 1. The summed E-state index contributed by atoms with van der Waals surface area (Å²) in [5.74, 6) is -5.68. The topological polar surface area (TPSA) is 73.2 Å². The Kier molecular flexibility index (Phi) is 6.42. The summed E-state index contributed by atoms with van der Waals surface area (Å²) >= 11 is 0. The number of hydrogen-bond acceptors (Lipinski definition) is 4. The third-order valence-corrected chi connectivity index (χ3v) is 8.81. The average Bonchev–Trinajstić information content (AvgIpc) is 3.53. The first-order valence-corrected chi connectivity index (χ1v) is 13.1. The first-order valence-electron chi connectivity index (χ1n) is 11.9. The molecule has 1 aliphatic carbocycles. The fraction of sp³-hybridized carbons (Fsp3) is 0.333. The molecule has 3 atom stereocenters. The molecule has 2 aliphatic rings. The van der Waals surface area contributed by atoms with E-state index in [4.69, 9.17) is 0 Å². The molecule has 3 aromatic carbocycles. The fourth-order valence-corrected chi connectivity index (χ4v) is 6.51. The van der Waals surface area contributed by atoms with Gasteiger partial charge in [0.05, 0.1) is 22.1 Å². The molecule has 1 aliphatic heterocycles. The van der Waals surface area contributed by atoms with Gasteiger partial charge < -0.3 is 10.2 Å². The zero-order chi connectivity index (χ0) is 27.3. The predicted octanol–water partition coefficient (Wildman–Crippen LogP) is 5.42. The van der Waals surface area contributed by atoms with Crippen LogP contribution in [-0.4, -0.2) is 39.7 Å². The average molecular weight is 548 g/mol. The molecule has 2 fully saturated rings. The number of benzene rings is 3. The third kappa shape index (κ3) is 4.51. The van der Waals surface area contributed by atoms with Gasteiger partial charge in [-0.25, -0.2) is 0 Å². The van der Waals surface area contributed by atoms with Gasteiger partial charge in [0.15, 0.2) is 0 Å². The van der Waals surface area contributed by atoms with Crippen LogP contribution in [0.2, 0.25) is 0 Å². The number of anilines is 1. The van der Waals surface area contributed by atoms with E-state index in [0.717, 1.165) is 22.9 Å². The molecule has 1 saturated carbocycles. The molecule has 1 amide bonds. The van der Waals surface area contributed by atoms with Gasteiger partial charge in [-0.2, -0.15) is 27.2 Å². The van der Waals surface area contributed by atoms with Gasteiger partial charge in [-0.15, -0.1) is 0 Å². The van der Waals surface area contributed by atoms with Crippen molar-refractivity contribution >= 4 is 33.2 Å². The van der Waals surface area contributed by atoms with E-state index < -0.39 is 56.1 Å². The lowest BCUT2D eigenvalue weighted by Gasteiger charge is -2.28. The van der Waals surface area contributed by atoms with Crippen LogP contribution in [0.1, 0.15) is 24.8 Å². The first-order chi connectivity index (χ1) is 18.0. The highest BCUT2D eigenvalue weighted by Gasteiger charge is 2.60. The Hall–Kier alpha value is -3.52. The van der Waals surface area contributed by atoms with E-state index in [2.05, 4.69) is 11.4 Å². The standard InChI is InChI=1S/C27H22F5N3O2S/c28-26(29,27(30,31)32)20-9-3-4-11-23(20)38(37)18-14-22(24(36)34-25(16-33)12-13-25)35(15-18)21-10-5-7-17-6-1-2-8-19(17)21/h1-11,18,22H,12-15H2,(H,34,36). The van der Waals surface area contributed by atoms with E-state index in [1.807, 2.05) is 30.3 Å². The van der Waals surface area contributed by atoms with Gasteiger partial charge in [0.1, 0.15) is 11.6 Å². The van der Waals surface area contributed by atoms with Crippen molar-refractivity contribution in [2.24, 2.45) is 0 Å². The molecule has 198 valence electrons. The monoisotopic (exact) mass is 547 g/mol. The Morgan fingerprint density at radius 2 is 1.66 bits per heavy atom. The normalized spacial score (nSPS) is 21.6. The van der Waals surface area contributed by atoms with E-state index >= 15 is 0 Å². The van der Waals surface area contributed by atoms with Crippen LogP contribution in [0.15, 0.2) is 71.6 Å². The van der Waals surface area contributed by atoms with Crippen molar-refractivity contribution in [3.8, 4) is 6.07 Å². The summed E-state index contributed by atoms with van der Waals surface area (Å²) in [7, 11) is -2.29. The van der Waals surface area contributed by atoms with E-state index in [-0.39, 0.29) is 13.0 Å². The molecule has 3 aromatic rings. The Morgan fingerprint density at radius 1 is 1.00 bits per heavy atom. The Labute approximate surface area is 217 Å². The molecule has 3 unspecified atom stereocenters. The van der Waals surface area contributed by atoms with Crippen LogP contribution in [0.5, 0.6) is 0 Å². The predicted molar refractivity (Wildman–Crippen MR) is 132 cm³/mol. The summed E-state index contributed by atoms with van der Waals surface area (Å²) < 4.78 is 81.9. The molecule has 1 saturated heterocycles. The molecule has 1 N–H and O–H groups in total. The smallest absolute Gasteiger partial charge is 0.358 e. The van der Waals surface area contributed by atoms with E-state index in [9.17, 15) is 36.2 Å². The van der Waals surface area contributed by atoms with Crippen LogP contribution in [0.4, 0.5) is 27.6 Å². The molecule has 38 heavy (non-hydrogen) atoms. The third-order valence-electron chi connectivity index (χ3n) is 7.07. The maximum atomic E-state index is 14.4. The molecular weight excluding hydrogens is 525 g/mol. The first kappa shape index (κ1) is 26.1. The van der Waals surface area contributed by atoms with Gasteiger partial charge in [0.2, 0.25) is 5.91 Å². The highest BCUT2D eigenvalue weighted by atomic mass is 32.2. The molecule has 0 spiro atoms. The Morgan fingerprint density at radius 3 is 2.34 bits per heavy atom. The number of carbonyl (C=O) groups is 1. The minimum Gasteiger partial charge on any atom is -0.358 e. The number of nitrogens with one attached hydrogen (secondary N) is 1. The number of halogens is 5. The zero-order valence-electron chi connectivity index (χ0n) is 19.8. The van der Waals surface area contributed by atoms with E-state index in [0.29, 0.717) is 24.6 Å². The number of amides is 1. The van der Waals surface area contributed by atoms with Gasteiger partial charge in [-0.1, -0.05) is 54.6 Å². The lowest BCUT2D eigenvalue weighted by Crippen LogP contribution is -2.47. The maximum Gasteiger partial charge on any atom is 0.458 e. The molecule has 0 bridgehead atoms. The van der Waals surface area contributed by atoms with Crippen molar-refractivity contribution in [2.75, 3.05) is 11.4 Å². The van der Waals surface area contributed by atoms with Gasteiger partial charge in [-0.05, 0) is 36.8 Å². The number of alkyl halides is 5. The number of nitrogens with zero attached hydrogens (tertiary/aromatic N) is 2. The van der Waals surface area contributed by atoms with E-state index in [1.165, 1.54) is 6.07 Å².